The SMILES string of the molecule is COc1nc2c3c(nc(-c4cc(N)nc(C)c4C(F)(F)F)c(F)c3n1)OCCN2Cc1cc(F)cnc1N. The van der Waals surface area contributed by atoms with Gasteiger partial charge in [0.15, 0.2) is 5.82 Å². The van der Waals surface area contributed by atoms with Crippen molar-refractivity contribution in [3.8, 4) is 23.1 Å². The molecule has 10 nitrogen and oxygen atoms in total. The number of aromatic nitrogens is 5. The molecule has 4 aromatic heterocycles. The van der Waals surface area contributed by atoms with Crippen molar-refractivity contribution >= 4 is 28.4 Å². The summed E-state index contributed by atoms with van der Waals surface area (Å²) in [6, 6.07) is 1.82. The second-order valence-electron chi connectivity index (χ2n) is 8.36. The molecule has 38 heavy (non-hydrogen) atoms. The number of hydrogen-bond donors (Lipinski definition) is 2. The van der Waals surface area contributed by atoms with Gasteiger partial charge in [-0.1, -0.05) is 0 Å². The van der Waals surface area contributed by atoms with Crippen LogP contribution in [0, 0.1) is 18.6 Å². The quantitative estimate of drug-likeness (QED) is 0.373. The molecule has 4 aromatic rings. The first-order valence-corrected chi connectivity index (χ1v) is 11.1. The number of alkyl halides is 3. The van der Waals surface area contributed by atoms with Crippen molar-refractivity contribution < 1.29 is 31.4 Å². The number of nitrogens with two attached hydrogens (primary N) is 2. The van der Waals surface area contributed by atoms with Crippen LogP contribution in [0.5, 0.6) is 11.9 Å². The number of nitrogen functional groups attached to an aromatic ring is 2. The Bertz CT molecular complexity index is 1580. The molecule has 0 saturated heterocycles. The van der Waals surface area contributed by atoms with Gasteiger partial charge >= 0.3 is 12.2 Å². The summed E-state index contributed by atoms with van der Waals surface area (Å²) in [4.78, 5) is 21.6. The molecule has 4 N–H and O–H groups in total. The number of halogens is 5. The minimum Gasteiger partial charge on any atom is -0.475 e. The Morgan fingerprint density at radius 3 is 2.58 bits per heavy atom. The van der Waals surface area contributed by atoms with Crippen molar-refractivity contribution in [2.24, 2.45) is 0 Å². The van der Waals surface area contributed by atoms with Crippen molar-refractivity contribution in [1.82, 2.24) is 24.9 Å². The number of aryl methyl sites for hydroxylation is 1. The number of anilines is 3. The maximum atomic E-state index is 16.0. The van der Waals surface area contributed by atoms with E-state index in [9.17, 15) is 17.6 Å². The first-order chi connectivity index (χ1) is 18.0. The Labute approximate surface area is 211 Å². The zero-order valence-electron chi connectivity index (χ0n) is 19.9. The van der Waals surface area contributed by atoms with Crippen molar-refractivity contribution in [2.75, 3.05) is 36.6 Å². The number of methoxy groups -OCH3 is 1. The van der Waals surface area contributed by atoms with Crippen LogP contribution in [0.4, 0.5) is 39.4 Å². The van der Waals surface area contributed by atoms with Gasteiger partial charge in [-0.25, -0.2) is 23.7 Å². The number of ether oxygens (including phenoxy) is 2. The van der Waals surface area contributed by atoms with Crippen LogP contribution in [0.25, 0.3) is 22.2 Å². The van der Waals surface area contributed by atoms with E-state index in [0.29, 0.717) is 5.56 Å². The highest BCUT2D eigenvalue weighted by molar-refractivity contribution is 5.97. The molecule has 1 aliphatic heterocycles. The summed E-state index contributed by atoms with van der Waals surface area (Å²) in [5, 5.41) is -0.0141. The lowest BCUT2D eigenvalue weighted by molar-refractivity contribution is -0.137. The number of nitrogens with zero attached hydrogens (tertiary/aromatic N) is 6. The second-order valence-corrected chi connectivity index (χ2v) is 8.36. The molecule has 15 heteroatoms. The Balaban J connectivity index is 1.77. The van der Waals surface area contributed by atoms with E-state index in [1.165, 1.54) is 13.2 Å². The zero-order valence-corrected chi connectivity index (χ0v) is 19.9. The van der Waals surface area contributed by atoms with Gasteiger partial charge in [0.25, 0.3) is 0 Å². The lowest BCUT2D eigenvalue weighted by Crippen LogP contribution is -2.28. The summed E-state index contributed by atoms with van der Waals surface area (Å²) in [5.74, 6) is -2.09. The van der Waals surface area contributed by atoms with Crippen LogP contribution in [0.15, 0.2) is 18.3 Å². The van der Waals surface area contributed by atoms with E-state index >= 15 is 4.39 Å². The molecule has 0 aromatic carbocycles. The second kappa shape index (κ2) is 9.08. The molecule has 198 valence electrons. The van der Waals surface area contributed by atoms with Gasteiger partial charge in [0.05, 0.1) is 31.1 Å². The third-order valence-corrected chi connectivity index (χ3v) is 5.88. The van der Waals surface area contributed by atoms with E-state index in [0.717, 1.165) is 19.2 Å². The minimum atomic E-state index is -4.89. The monoisotopic (exact) mass is 534 g/mol. The van der Waals surface area contributed by atoms with Gasteiger partial charge in [0.1, 0.15) is 46.5 Å². The van der Waals surface area contributed by atoms with Crippen LogP contribution in [0.1, 0.15) is 16.8 Å². The van der Waals surface area contributed by atoms with E-state index in [2.05, 4.69) is 24.9 Å². The molecule has 0 unspecified atom stereocenters. The number of hydrogen-bond acceptors (Lipinski definition) is 10. The van der Waals surface area contributed by atoms with Crippen molar-refractivity contribution in [3.05, 3.63) is 46.8 Å². The predicted octanol–water partition coefficient (Wildman–Crippen LogP) is 3.66. The van der Waals surface area contributed by atoms with Gasteiger partial charge in [0, 0.05) is 17.7 Å². The molecule has 0 fully saturated rings. The summed E-state index contributed by atoms with van der Waals surface area (Å²) in [7, 11) is 1.25. The van der Waals surface area contributed by atoms with Gasteiger partial charge in [-0.2, -0.15) is 23.1 Å². The molecule has 1 aliphatic rings. The van der Waals surface area contributed by atoms with E-state index in [1.807, 2.05) is 0 Å². The maximum Gasteiger partial charge on any atom is 0.418 e. The number of pyridine rings is 3. The summed E-state index contributed by atoms with van der Waals surface area (Å²) in [6.07, 6.45) is -3.92. The fourth-order valence-electron chi connectivity index (χ4n) is 4.28. The lowest BCUT2D eigenvalue weighted by Gasteiger charge is -2.23. The molecule has 0 radical (unpaired) electrons. The fraction of sp³-hybridized carbons (Fsp3) is 0.261. The predicted molar refractivity (Wildman–Crippen MR) is 126 cm³/mol. The van der Waals surface area contributed by atoms with Crippen LogP contribution >= 0.6 is 0 Å². The summed E-state index contributed by atoms with van der Waals surface area (Å²) in [6.45, 7) is 1.23. The van der Waals surface area contributed by atoms with E-state index in [-0.39, 0.29) is 54.4 Å². The third kappa shape index (κ3) is 4.29. The molecular weight excluding hydrogens is 515 g/mol. The van der Waals surface area contributed by atoms with Crippen molar-refractivity contribution in [1.29, 1.82) is 0 Å². The van der Waals surface area contributed by atoms with Crippen LogP contribution in [0.3, 0.4) is 0 Å². The maximum absolute atomic E-state index is 16.0. The summed E-state index contributed by atoms with van der Waals surface area (Å²) < 4.78 is 82.7. The molecule has 0 bridgehead atoms. The molecule has 0 amide bonds. The largest absolute Gasteiger partial charge is 0.475 e. The molecular formula is C23H19F5N8O2. The highest BCUT2D eigenvalue weighted by Gasteiger charge is 2.39. The zero-order chi connectivity index (χ0) is 27.4. The van der Waals surface area contributed by atoms with Crippen LogP contribution in [-0.4, -0.2) is 45.2 Å². The molecule has 0 atom stereocenters. The van der Waals surface area contributed by atoms with Crippen molar-refractivity contribution in [2.45, 2.75) is 19.6 Å². The van der Waals surface area contributed by atoms with E-state index in [1.54, 1.807) is 4.90 Å². The van der Waals surface area contributed by atoms with Crippen molar-refractivity contribution in [3.63, 3.8) is 0 Å². The van der Waals surface area contributed by atoms with Gasteiger partial charge < -0.3 is 25.8 Å². The third-order valence-electron chi connectivity index (χ3n) is 5.88. The molecule has 0 saturated carbocycles. The average molecular weight is 534 g/mol. The van der Waals surface area contributed by atoms with Gasteiger partial charge in [-0.3, -0.25) is 0 Å². The van der Waals surface area contributed by atoms with Gasteiger partial charge in [0.2, 0.25) is 5.88 Å². The first-order valence-electron chi connectivity index (χ1n) is 11.1. The lowest BCUT2D eigenvalue weighted by atomic mass is 10.0. The van der Waals surface area contributed by atoms with E-state index in [4.69, 9.17) is 20.9 Å². The molecule has 5 rings (SSSR count). The van der Waals surface area contributed by atoms with Crippen LogP contribution in [0.2, 0.25) is 0 Å². The highest BCUT2D eigenvalue weighted by Crippen LogP contribution is 2.44. The minimum absolute atomic E-state index is 0.00363. The Morgan fingerprint density at radius 1 is 1.11 bits per heavy atom. The normalized spacial score (nSPS) is 13.4. The Kier molecular flexibility index (Phi) is 6.00. The smallest absolute Gasteiger partial charge is 0.418 e. The topological polar surface area (TPSA) is 138 Å². The van der Waals surface area contributed by atoms with Gasteiger partial charge in [-0.05, 0) is 19.1 Å². The van der Waals surface area contributed by atoms with Gasteiger partial charge in [-0.15, -0.1) is 0 Å². The standard InChI is InChI=1S/C23H19F5N8O2/c1-9-15(23(26,27)28)12(6-13(29)32-9)17-16(25)18-14-20(35-22(34-18)37-2)36(3-4-38-21(14)33-17)8-10-5-11(24)7-31-19(10)30/h5-7H,3-4,8H2,1-2H3,(H2,29,32)(H2,30,31). The summed E-state index contributed by atoms with van der Waals surface area (Å²) in [5.41, 5.74) is 8.58. The fourth-order valence-corrected chi connectivity index (χ4v) is 4.28. The molecule has 0 aliphatic carbocycles. The van der Waals surface area contributed by atoms with Crippen LogP contribution < -0.4 is 25.8 Å². The number of rotatable bonds is 4. The van der Waals surface area contributed by atoms with E-state index < -0.39 is 45.8 Å². The van der Waals surface area contributed by atoms with Crippen LogP contribution in [-0.2, 0) is 12.7 Å². The molecule has 5 heterocycles. The Morgan fingerprint density at radius 2 is 1.87 bits per heavy atom. The first kappa shape index (κ1) is 25.1. The Hall–Kier alpha value is -4.56. The summed E-state index contributed by atoms with van der Waals surface area (Å²) >= 11 is 0. The molecule has 0 spiro atoms. The average Bonchev–Trinajstić information content (AvgIpc) is 3.01. The highest BCUT2D eigenvalue weighted by atomic mass is 19.4.